The van der Waals surface area contributed by atoms with Gasteiger partial charge in [-0.2, -0.15) is 0 Å². The number of nitrogens with one attached hydrogen (secondary N) is 2. The van der Waals surface area contributed by atoms with E-state index < -0.39 is 10.0 Å². The smallest absolute Gasteiger partial charge is 0.250 e. The van der Waals surface area contributed by atoms with E-state index in [0.29, 0.717) is 34.0 Å². The van der Waals surface area contributed by atoms with E-state index >= 15 is 0 Å². The molecule has 0 unspecified atom stereocenters. The van der Waals surface area contributed by atoms with Gasteiger partial charge in [-0.25, -0.2) is 23.1 Å². The van der Waals surface area contributed by atoms with Gasteiger partial charge in [0.1, 0.15) is 21.0 Å². The molecule has 0 fully saturated rings. The van der Waals surface area contributed by atoms with Crippen LogP contribution >= 0.6 is 22.9 Å². The number of aryl methyl sites for hydroxylation is 2. The lowest BCUT2D eigenvalue weighted by atomic mass is 10.2. The van der Waals surface area contributed by atoms with Crippen LogP contribution in [0.2, 0.25) is 5.15 Å². The van der Waals surface area contributed by atoms with Crippen molar-refractivity contribution in [3.05, 3.63) is 33.6 Å². The number of thiophene rings is 1. The van der Waals surface area contributed by atoms with Gasteiger partial charge in [0, 0.05) is 23.5 Å². The first-order valence-corrected chi connectivity index (χ1v) is 9.84. The van der Waals surface area contributed by atoms with Gasteiger partial charge in [-0.15, -0.1) is 11.3 Å². The van der Waals surface area contributed by atoms with Crippen molar-refractivity contribution < 1.29 is 8.42 Å². The minimum Gasteiger partial charge on any atom is -0.368 e. The van der Waals surface area contributed by atoms with Crippen molar-refractivity contribution in [3.63, 3.8) is 0 Å². The molecule has 9 heteroatoms. The zero-order chi connectivity index (χ0) is 17.0. The zero-order valence-corrected chi connectivity index (χ0v) is 15.6. The Bertz CT molecular complexity index is 790. The molecule has 0 saturated carbocycles. The Hall–Kier alpha value is -1.22. The van der Waals surface area contributed by atoms with E-state index in [-0.39, 0.29) is 6.54 Å². The second-order valence-electron chi connectivity index (χ2n) is 4.93. The van der Waals surface area contributed by atoms with Gasteiger partial charge >= 0.3 is 0 Å². The summed E-state index contributed by atoms with van der Waals surface area (Å²) in [6.45, 7) is 6.26. The largest absolute Gasteiger partial charge is 0.368 e. The van der Waals surface area contributed by atoms with E-state index in [9.17, 15) is 8.42 Å². The van der Waals surface area contributed by atoms with Crippen molar-refractivity contribution in [2.75, 3.05) is 18.4 Å². The Balaban J connectivity index is 1.96. The van der Waals surface area contributed by atoms with Crippen molar-refractivity contribution in [3.8, 4) is 0 Å². The molecule has 6 nitrogen and oxygen atoms in total. The SMILES string of the molecule is CCc1c(Cl)nc(C)nc1NCCNS(=O)(=O)c1ccc(C)s1. The number of halogens is 1. The molecule has 0 amide bonds. The summed E-state index contributed by atoms with van der Waals surface area (Å²) in [4.78, 5) is 9.40. The summed E-state index contributed by atoms with van der Waals surface area (Å²) < 4.78 is 27.1. The van der Waals surface area contributed by atoms with Crippen molar-refractivity contribution in [2.45, 2.75) is 31.4 Å². The topological polar surface area (TPSA) is 84.0 Å². The minimum atomic E-state index is -3.46. The maximum atomic E-state index is 12.1. The molecule has 2 heterocycles. The molecule has 2 aromatic heterocycles. The molecular formula is C14H19ClN4O2S2. The number of hydrogen-bond donors (Lipinski definition) is 2. The Kier molecular flexibility index (Phi) is 5.96. The van der Waals surface area contributed by atoms with Gasteiger partial charge in [-0.1, -0.05) is 18.5 Å². The van der Waals surface area contributed by atoms with Crippen LogP contribution < -0.4 is 10.0 Å². The lowest BCUT2D eigenvalue weighted by Gasteiger charge is -2.12. The Morgan fingerprint density at radius 3 is 2.57 bits per heavy atom. The van der Waals surface area contributed by atoms with Gasteiger partial charge in [0.15, 0.2) is 0 Å². The van der Waals surface area contributed by atoms with Gasteiger partial charge in [0.2, 0.25) is 10.0 Å². The summed E-state index contributed by atoms with van der Waals surface area (Å²) in [5.74, 6) is 1.22. The quantitative estimate of drug-likeness (QED) is 0.575. The van der Waals surface area contributed by atoms with Crippen LogP contribution in [0, 0.1) is 13.8 Å². The predicted molar refractivity (Wildman–Crippen MR) is 93.9 cm³/mol. The molecule has 2 aromatic rings. The number of anilines is 1. The summed E-state index contributed by atoms with van der Waals surface area (Å²) in [6.07, 6.45) is 0.696. The van der Waals surface area contributed by atoms with Crippen LogP contribution in [0.25, 0.3) is 0 Å². The highest BCUT2D eigenvalue weighted by molar-refractivity contribution is 7.91. The molecule has 0 atom stereocenters. The van der Waals surface area contributed by atoms with Gasteiger partial charge < -0.3 is 5.32 Å². The molecule has 2 N–H and O–H groups in total. The van der Waals surface area contributed by atoms with Crippen LogP contribution in [0.15, 0.2) is 16.3 Å². The van der Waals surface area contributed by atoms with Crippen LogP contribution in [-0.4, -0.2) is 31.5 Å². The second-order valence-corrected chi connectivity index (χ2v) is 8.57. The number of rotatable bonds is 7. The molecule has 0 aliphatic rings. The number of nitrogens with zero attached hydrogens (tertiary/aromatic N) is 2. The Morgan fingerprint density at radius 1 is 1.22 bits per heavy atom. The molecular weight excluding hydrogens is 356 g/mol. The van der Waals surface area contributed by atoms with E-state index in [4.69, 9.17) is 11.6 Å². The van der Waals surface area contributed by atoms with Crippen LogP contribution in [0.3, 0.4) is 0 Å². The summed E-state index contributed by atoms with van der Waals surface area (Å²) >= 11 is 7.35. The van der Waals surface area contributed by atoms with Crippen LogP contribution in [0.5, 0.6) is 0 Å². The van der Waals surface area contributed by atoms with Crippen molar-refractivity contribution in [1.29, 1.82) is 0 Å². The van der Waals surface area contributed by atoms with E-state index in [1.165, 1.54) is 11.3 Å². The molecule has 0 bridgehead atoms. The van der Waals surface area contributed by atoms with Gasteiger partial charge in [0.05, 0.1) is 0 Å². The fourth-order valence-corrected chi connectivity index (χ4v) is 4.72. The third kappa shape index (κ3) is 4.63. The lowest BCUT2D eigenvalue weighted by Crippen LogP contribution is -2.28. The second kappa shape index (κ2) is 7.57. The Morgan fingerprint density at radius 2 is 1.96 bits per heavy atom. The average Bonchev–Trinajstić information content (AvgIpc) is 2.91. The molecule has 0 saturated heterocycles. The average molecular weight is 375 g/mol. The highest BCUT2D eigenvalue weighted by Gasteiger charge is 2.15. The fourth-order valence-electron chi connectivity index (χ4n) is 2.02. The third-order valence-electron chi connectivity index (χ3n) is 3.11. The first-order chi connectivity index (χ1) is 10.8. The van der Waals surface area contributed by atoms with Crippen molar-refractivity contribution >= 4 is 38.8 Å². The molecule has 126 valence electrons. The molecule has 2 rings (SSSR count). The molecule has 0 aliphatic carbocycles. The lowest BCUT2D eigenvalue weighted by molar-refractivity contribution is 0.585. The first kappa shape index (κ1) is 18.1. The van der Waals surface area contributed by atoms with Gasteiger partial charge in [-0.3, -0.25) is 0 Å². The van der Waals surface area contributed by atoms with Crippen LogP contribution in [0.1, 0.15) is 23.2 Å². The monoisotopic (exact) mass is 374 g/mol. The van der Waals surface area contributed by atoms with Gasteiger partial charge in [0.25, 0.3) is 0 Å². The number of aromatic nitrogens is 2. The zero-order valence-electron chi connectivity index (χ0n) is 13.2. The molecule has 0 aliphatic heterocycles. The maximum absolute atomic E-state index is 12.1. The standard InChI is InChI=1S/C14H19ClN4O2S2/c1-4-11-13(15)18-10(3)19-14(11)16-7-8-17-23(20,21)12-6-5-9(2)22-12/h5-6,17H,4,7-8H2,1-3H3,(H,16,18,19). The predicted octanol–water partition coefficient (Wildman–Crippen LogP) is 2.76. The van der Waals surface area contributed by atoms with Crippen molar-refractivity contribution in [2.24, 2.45) is 0 Å². The van der Waals surface area contributed by atoms with E-state index in [0.717, 1.165) is 10.4 Å². The molecule has 0 spiro atoms. The molecule has 23 heavy (non-hydrogen) atoms. The number of hydrogen-bond acceptors (Lipinski definition) is 6. The summed E-state index contributed by atoms with van der Waals surface area (Å²) in [7, 11) is -3.46. The third-order valence-corrected chi connectivity index (χ3v) is 6.38. The number of sulfonamides is 1. The van der Waals surface area contributed by atoms with Crippen molar-refractivity contribution in [1.82, 2.24) is 14.7 Å². The van der Waals surface area contributed by atoms with Crippen LogP contribution in [0.4, 0.5) is 5.82 Å². The Labute approximate surface area is 145 Å². The van der Waals surface area contributed by atoms with E-state index in [1.807, 2.05) is 13.8 Å². The normalized spacial score (nSPS) is 11.7. The summed E-state index contributed by atoms with van der Waals surface area (Å²) in [5.41, 5.74) is 0.828. The highest BCUT2D eigenvalue weighted by Crippen LogP contribution is 2.22. The fraction of sp³-hybridized carbons (Fsp3) is 0.429. The highest BCUT2D eigenvalue weighted by atomic mass is 35.5. The van der Waals surface area contributed by atoms with Gasteiger partial charge in [-0.05, 0) is 32.4 Å². The first-order valence-electron chi connectivity index (χ1n) is 7.16. The molecule has 0 radical (unpaired) electrons. The van der Waals surface area contributed by atoms with E-state index in [1.54, 1.807) is 19.1 Å². The minimum absolute atomic E-state index is 0.253. The summed E-state index contributed by atoms with van der Waals surface area (Å²) in [6, 6.07) is 3.40. The maximum Gasteiger partial charge on any atom is 0.250 e. The molecule has 0 aromatic carbocycles. The summed E-state index contributed by atoms with van der Waals surface area (Å²) in [5, 5.41) is 3.54. The van der Waals surface area contributed by atoms with E-state index in [2.05, 4.69) is 20.0 Å². The van der Waals surface area contributed by atoms with Crippen LogP contribution in [-0.2, 0) is 16.4 Å².